The van der Waals surface area contributed by atoms with E-state index in [0.717, 1.165) is 26.1 Å². The largest absolute Gasteiger partial charge is 0.385 e. The minimum Gasteiger partial charge on any atom is -0.385 e. The van der Waals surface area contributed by atoms with Crippen molar-refractivity contribution in [2.75, 3.05) is 27.4 Å². The average Bonchev–Trinajstić information content (AvgIpc) is 1.81. The third-order valence-corrected chi connectivity index (χ3v) is 0.947. The topological polar surface area (TPSA) is 18.5 Å². The fraction of sp³-hybridized carbons (Fsp3) is 1.00. The molecular weight excluding hydrogens is 116 g/mol. The third kappa shape index (κ3) is 11.5. The van der Waals surface area contributed by atoms with Gasteiger partial charge in [0, 0.05) is 27.4 Å². The number of hydrogen-bond donors (Lipinski definition) is 0. The Bertz CT molecular complexity index is 31.9. The maximum atomic E-state index is 4.83. The summed E-state index contributed by atoms with van der Waals surface area (Å²) in [6.45, 7) is 1.70. The van der Waals surface area contributed by atoms with Crippen LogP contribution in [0.5, 0.6) is 0 Å². The molecule has 0 spiro atoms. The molecule has 0 atom stereocenters. The van der Waals surface area contributed by atoms with Crippen molar-refractivity contribution in [3.63, 3.8) is 0 Å². The maximum Gasteiger partial charge on any atom is 0.0463 e. The fourth-order valence-electron chi connectivity index (χ4n) is 0.493. The molecule has 0 heterocycles. The van der Waals surface area contributed by atoms with Gasteiger partial charge in [-0.05, 0) is 12.8 Å². The van der Waals surface area contributed by atoms with Crippen LogP contribution in [-0.4, -0.2) is 27.4 Å². The second-order valence-electron chi connectivity index (χ2n) is 1.69. The van der Waals surface area contributed by atoms with E-state index in [1.807, 2.05) is 0 Å². The minimum absolute atomic E-state index is 0. The Morgan fingerprint density at radius 2 is 1.22 bits per heavy atom. The molecule has 0 unspecified atom stereocenters. The summed E-state index contributed by atoms with van der Waals surface area (Å²) in [5, 5.41) is 0. The highest BCUT2D eigenvalue weighted by Gasteiger charge is 1.83. The molecule has 0 rings (SSSR count). The summed E-state index contributed by atoms with van der Waals surface area (Å²) in [6.07, 6.45) is 2.20. The lowest BCUT2D eigenvalue weighted by molar-refractivity contribution is 0.159. The summed E-state index contributed by atoms with van der Waals surface area (Å²) in [4.78, 5) is 0. The Morgan fingerprint density at radius 1 is 0.889 bits per heavy atom. The van der Waals surface area contributed by atoms with Gasteiger partial charge in [-0.1, -0.05) is 7.43 Å². The van der Waals surface area contributed by atoms with Gasteiger partial charge in [0.2, 0.25) is 0 Å². The summed E-state index contributed by atoms with van der Waals surface area (Å²) in [5.74, 6) is 0. The molecule has 0 aliphatic carbocycles. The van der Waals surface area contributed by atoms with Gasteiger partial charge in [0.25, 0.3) is 0 Å². The monoisotopic (exact) mass is 134 g/mol. The van der Waals surface area contributed by atoms with E-state index < -0.39 is 0 Å². The van der Waals surface area contributed by atoms with Gasteiger partial charge >= 0.3 is 0 Å². The van der Waals surface area contributed by atoms with Crippen molar-refractivity contribution in [1.29, 1.82) is 0 Å². The highest BCUT2D eigenvalue weighted by atomic mass is 16.5. The zero-order chi connectivity index (χ0) is 6.24. The zero-order valence-electron chi connectivity index (χ0n) is 5.64. The highest BCUT2D eigenvalue weighted by Crippen LogP contribution is 1.87. The first-order chi connectivity index (χ1) is 3.91. The third-order valence-electron chi connectivity index (χ3n) is 0.947. The second kappa shape index (κ2) is 10.8. The van der Waals surface area contributed by atoms with Crippen molar-refractivity contribution < 1.29 is 9.47 Å². The highest BCUT2D eigenvalue weighted by molar-refractivity contribution is 4.34. The summed E-state index contributed by atoms with van der Waals surface area (Å²) in [6, 6.07) is 0. The van der Waals surface area contributed by atoms with Crippen molar-refractivity contribution in [3.05, 3.63) is 0 Å². The first-order valence-corrected chi connectivity index (χ1v) is 2.89. The van der Waals surface area contributed by atoms with Crippen molar-refractivity contribution in [3.8, 4) is 0 Å². The molecule has 0 saturated carbocycles. The van der Waals surface area contributed by atoms with E-state index in [-0.39, 0.29) is 7.43 Å². The lowest BCUT2D eigenvalue weighted by Gasteiger charge is -1.96. The molecule has 0 aliphatic rings. The first kappa shape index (κ1) is 11.7. The van der Waals surface area contributed by atoms with Crippen LogP contribution in [0.15, 0.2) is 0 Å². The average molecular weight is 134 g/mol. The van der Waals surface area contributed by atoms with Gasteiger partial charge in [0.1, 0.15) is 0 Å². The molecule has 2 nitrogen and oxygen atoms in total. The van der Waals surface area contributed by atoms with Gasteiger partial charge in [-0.3, -0.25) is 0 Å². The molecule has 0 aromatic rings. The normalized spacial score (nSPS) is 8.67. The summed E-state index contributed by atoms with van der Waals surface area (Å²) >= 11 is 0. The molecule has 0 aliphatic heterocycles. The Hall–Kier alpha value is -0.0800. The number of hydrogen-bond acceptors (Lipinski definition) is 2. The lowest BCUT2D eigenvalue weighted by Crippen LogP contribution is -1.92. The van der Waals surface area contributed by atoms with Crippen molar-refractivity contribution >= 4 is 0 Å². The molecule has 0 fully saturated rings. The first-order valence-electron chi connectivity index (χ1n) is 2.89. The van der Waals surface area contributed by atoms with Gasteiger partial charge in [-0.25, -0.2) is 0 Å². The van der Waals surface area contributed by atoms with Gasteiger partial charge in [0.15, 0.2) is 0 Å². The Labute approximate surface area is 58.2 Å². The van der Waals surface area contributed by atoms with Gasteiger partial charge in [-0.2, -0.15) is 0 Å². The van der Waals surface area contributed by atoms with Crippen molar-refractivity contribution in [1.82, 2.24) is 0 Å². The lowest BCUT2D eigenvalue weighted by atomic mass is 10.3. The molecule has 0 radical (unpaired) electrons. The van der Waals surface area contributed by atoms with Crippen LogP contribution < -0.4 is 0 Å². The van der Waals surface area contributed by atoms with E-state index in [0.29, 0.717) is 0 Å². The van der Waals surface area contributed by atoms with E-state index in [4.69, 9.17) is 9.47 Å². The van der Waals surface area contributed by atoms with E-state index in [2.05, 4.69) is 0 Å². The van der Waals surface area contributed by atoms with Crippen molar-refractivity contribution in [2.24, 2.45) is 0 Å². The van der Waals surface area contributed by atoms with Gasteiger partial charge in [0.05, 0.1) is 0 Å². The van der Waals surface area contributed by atoms with E-state index in [1.54, 1.807) is 14.2 Å². The Kier molecular flexibility index (Phi) is 14.0. The predicted molar refractivity (Wildman–Crippen MR) is 39.7 cm³/mol. The number of methoxy groups -OCH3 is 2. The molecule has 0 saturated heterocycles. The standard InChI is InChI=1S/C6H14O2.CH4/c1-7-5-3-4-6-8-2;/h3-6H2,1-2H3;1H4. The molecule has 0 amide bonds. The smallest absolute Gasteiger partial charge is 0.0463 e. The van der Waals surface area contributed by atoms with Crippen LogP contribution in [0.3, 0.4) is 0 Å². The molecule has 0 aromatic heterocycles. The maximum absolute atomic E-state index is 4.83. The number of rotatable bonds is 5. The number of ether oxygens (including phenoxy) is 2. The van der Waals surface area contributed by atoms with Crippen LogP contribution in [0.25, 0.3) is 0 Å². The quantitative estimate of drug-likeness (QED) is 0.533. The van der Waals surface area contributed by atoms with Gasteiger partial charge < -0.3 is 9.47 Å². The molecule has 0 aromatic carbocycles. The molecule has 58 valence electrons. The predicted octanol–water partition coefficient (Wildman–Crippen LogP) is 1.70. The van der Waals surface area contributed by atoms with E-state index in [9.17, 15) is 0 Å². The Morgan fingerprint density at radius 3 is 1.44 bits per heavy atom. The molecule has 0 N–H and O–H groups in total. The molecular formula is C7H18O2. The SMILES string of the molecule is C.COCCCCOC. The van der Waals surface area contributed by atoms with E-state index in [1.165, 1.54) is 0 Å². The molecule has 9 heavy (non-hydrogen) atoms. The second-order valence-corrected chi connectivity index (χ2v) is 1.69. The zero-order valence-corrected chi connectivity index (χ0v) is 5.64. The minimum atomic E-state index is 0. The van der Waals surface area contributed by atoms with Crippen molar-refractivity contribution in [2.45, 2.75) is 20.3 Å². The van der Waals surface area contributed by atoms with Crippen LogP contribution >= 0.6 is 0 Å². The molecule has 2 heteroatoms. The summed E-state index contributed by atoms with van der Waals surface area (Å²) in [7, 11) is 3.43. The van der Waals surface area contributed by atoms with Crippen LogP contribution in [0.1, 0.15) is 20.3 Å². The van der Waals surface area contributed by atoms with Gasteiger partial charge in [-0.15, -0.1) is 0 Å². The summed E-state index contributed by atoms with van der Waals surface area (Å²) in [5.41, 5.74) is 0. The number of unbranched alkanes of at least 4 members (excludes halogenated alkanes) is 1. The van der Waals surface area contributed by atoms with Crippen LogP contribution in [-0.2, 0) is 9.47 Å². The molecule has 0 bridgehead atoms. The Balaban J connectivity index is 0. The van der Waals surface area contributed by atoms with Crippen LogP contribution in [0.2, 0.25) is 0 Å². The van der Waals surface area contributed by atoms with E-state index >= 15 is 0 Å². The summed E-state index contributed by atoms with van der Waals surface area (Å²) < 4.78 is 9.67. The van der Waals surface area contributed by atoms with Crippen LogP contribution in [0, 0.1) is 0 Å². The van der Waals surface area contributed by atoms with Crippen LogP contribution in [0.4, 0.5) is 0 Å². The fourth-order valence-corrected chi connectivity index (χ4v) is 0.493.